The minimum Gasteiger partial charge on any atom is -0.369 e. The molecule has 0 N–H and O–H groups in total. The van der Waals surface area contributed by atoms with Crippen LogP contribution in [-0.4, -0.2) is 43.4 Å². The first kappa shape index (κ1) is 16.0. The molecule has 0 bridgehead atoms. The lowest BCUT2D eigenvalue weighted by Gasteiger charge is -2.36. The first-order chi connectivity index (χ1) is 9.86. The molecule has 1 fully saturated rings. The molecule has 3 nitrogen and oxygen atoms in total. The molecule has 116 valence electrons. The maximum Gasteiger partial charge on any atom is 0.139 e. The Morgan fingerprint density at radius 1 is 1.10 bits per heavy atom. The molecule has 2 rings (SSSR count). The van der Waals surface area contributed by atoms with Gasteiger partial charge < -0.3 is 4.90 Å². The summed E-state index contributed by atoms with van der Waals surface area (Å²) in [4.78, 5) is 16.6. The summed E-state index contributed by atoms with van der Waals surface area (Å²) >= 11 is 0. The van der Waals surface area contributed by atoms with Crippen LogP contribution < -0.4 is 4.90 Å². The van der Waals surface area contributed by atoms with E-state index in [2.05, 4.69) is 9.80 Å². The highest BCUT2D eigenvalue weighted by Gasteiger charge is 2.23. The van der Waals surface area contributed by atoms with Crippen molar-refractivity contribution < 1.29 is 9.18 Å². The normalized spacial score (nSPS) is 17.0. The zero-order valence-electron chi connectivity index (χ0n) is 13.2. The second-order valence-electron chi connectivity index (χ2n) is 6.73. The Kier molecular flexibility index (Phi) is 4.99. The number of Topliss-reactive ketones (excluding diaryl/α,β-unsaturated/α-hetero) is 1. The van der Waals surface area contributed by atoms with Crippen molar-refractivity contribution in [1.29, 1.82) is 0 Å². The second kappa shape index (κ2) is 6.56. The zero-order chi connectivity index (χ0) is 15.5. The van der Waals surface area contributed by atoms with Crippen molar-refractivity contribution in [2.24, 2.45) is 5.41 Å². The standard InChI is InChI=1S/C17H25FN2O/c1-17(2,3)16(21)8-9-19-10-12-20(13-11-19)15-6-4-14(18)5-7-15/h4-7H,8-13H2,1-3H3. The molecule has 0 atom stereocenters. The van der Waals surface area contributed by atoms with E-state index in [1.54, 1.807) is 0 Å². The number of ketones is 1. The third kappa shape index (κ3) is 4.53. The van der Waals surface area contributed by atoms with Gasteiger partial charge >= 0.3 is 0 Å². The van der Waals surface area contributed by atoms with Crippen LogP contribution in [0, 0.1) is 11.2 Å². The molecule has 1 saturated heterocycles. The Morgan fingerprint density at radius 2 is 1.67 bits per heavy atom. The van der Waals surface area contributed by atoms with Crippen molar-refractivity contribution in [2.75, 3.05) is 37.6 Å². The van der Waals surface area contributed by atoms with E-state index in [1.165, 1.54) is 12.1 Å². The van der Waals surface area contributed by atoms with E-state index in [-0.39, 0.29) is 11.2 Å². The predicted molar refractivity (Wildman–Crippen MR) is 84.1 cm³/mol. The molecular weight excluding hydrogens is 267 g/mol. The van der Waals surface area contributed by atoms with E-state index in [4.69, 9.17) is 0 Å². The summed E-state index contributed by atoms with van der Waals surface area (Å²) in [6, 6.07) is 6.66. The molecule has 1 aliphatic rings. The van der Waals surface area contributed by atoms with Crippen LogP contribution in [0.15, 0.2) is 24.3 Å². The number of hydrogen-bond acceptors (Lipinski definition) is 3. The van der Waals surface area contributed by atoms with Gasteiger partial charge in [0.15, 0.2) is 0 Å². The van der Waals surface area contributed by atoms with Crippen molar-refractivity contribution in [3.8, 4) is 0 Å². The number of carbonyl (C=O) groups excluding carboxylic acids is 1. The van der Waals surface area contributed by atoms with E-state index < -0.39 is 0 Å². The highest BCUT2D eigenvalue weighted by molar-refractivity contribution is 5.83. The fourth-order valence-corrected chi connectivity index (χ4v) is 2.52. The van der Waals surface area contributed by atoms with Crippen LogP contribution in [0.5, 0.6) is 0 Å². The first-order valence-electron chi connectivity index (χ1n) is 7.62. The average Bonchev–Trinajstić information content (AvgIpc) is 2.45. The van der Waals surface area contributed by atoms with Crippen LogP contribution in [0.1, 0.15) is 27.2 Å². The number of halogens is 1. The van der Waals surface area contributed by atoms with E-state index in [0.29, 0.717) is 12.2 Å². The third-order valence-electron chi connectivity index (χ3n) is 4.06. The Morgan fingerprint density at radius 3 is 2.19 bits per heavy atom. The fourth-order valence-electron chi connectivity index (χ4n) is 2.52. The maximum absolute atomic E-state index is 12.9. The minimum atomic E-state index is -0.240. The monoisotopic (exact) mass is 292 g/mol. The van der Waals surface area contributed by atoms with Crippen LogP contribution in [0.2, 0.25) is 0 Å². The van der Waals surface area contributed by atoms with Crippen molar-refractivity contribution in [3.63, 3.8) is 0 Å². The van der Waals surface area contributed by atoms with Crippen molar-refractivity contribution in [1.82, 2.24) is 4.90 Å². The third-order valence-corrected chi connectivity index (χ3v) is 4.06. The lowest BCUT2D eigenvalue weighted by atomic mass is 9.89. The van der Waals surface area contributed by atoms with Crippen molar-refractivity contribution in [3.05, 3.63) is 30.1 Å². The fraction of sp³-hybridized carbons (Fsp3) is 0.588. The Labute approximate surface area is 126 Å². The van der Waals surface area contributed by atoms with Crippen LogP contribution in [0.4, 0.5) is 10.1 Å². The topological polar surface area (TPSA) is 23.6 Å². The molecule has 0 unspecified atom stereocenters. The molecule has 4 heteroatoms. The zero-order valence-corrected chi connectivity index (χ0v) is 13.2. The molecule has 21 heavy (non-hydrogen) atoms. The lowest BCUT2D eigenvalue weighted by Crippen LogP contribution is -2.47. The summed E-state index contributed by atoms with van der Waals surface area (Å²) in [7, 11) is 0. The SMILES string of the molecule is CC(C)(C)C(=O)CCN1CCN(c2ccc(F)cc2)CC1. The number of carbonyl (C=O) groups is 1. The molecule has 0 saturated carbocycles. The van der Waals surface area contributed by atoms with Gasteiger partial charge in [-0.2, -0.15) is 0 Å². The smallest absolute Gasteiger partial charge is 0.139 e. The van der Waals surface area contributed by atoms with Crippen LogP contribution in [0.3, 0.4) is 0 Å². The van der Waals surface area contributed by atoms with E-state index in [9.17, 15) is 9.18 Å². The van der Waals surface area contributed by atoms with Crippen LogP contribution in [0.25, 0.3) is 0 Å². The summed E-state index contributed by atoms with van der Waals surface area (Å²) in [6.07, 6.45) is 0.625. The van der Waals surface area contributed by atoms with Gasteiger partial charge in [0.05, 0.1) is 0 Å². The van der Waals surface area contributed by atoms with E-state index in [0.717, 1.165) is 38.4 Å². The van der Waals surface area contributed by atoms with Gasteiger partial charge in [-0.05, 0) is 24.3 Å². The molecule has 0 aromatic heterocycles. The number of anilines is 1. The predicted octanol–water partition coefficient (Wildman–Crippen LogP) is 2.95. The number of piperazine rings is 1. The summed E-state index contributed by atoms with van der Waals surface area (Å²) in [6.45, 7) is 10.5. The molecule has 1 aliphatic heterocycles. The maximum atomic E-state index is 12.9. The Balaban J connectivity index is 1.78. The summed E-state index contributed by atoms with van der Waals surface area (Å²) < 4.78 is 12.9. The minimum absolute atomic E-state index is 0.196. The quantitative estimate of drug-likeness (QED) is 0.852. The Bertz CT molecular complexity index is 471. The molecule has 0 spiro atoms. The summed E-state index contributed by atoms with van der Waals surface area (Å²) in [5.74, 6) is 0.126. The number of rotatable bonds is 4. The second-order valence-corrected chi connectivity index (χ2v) is 6.73. The molecule has 1 aromatic carbocycles. The van der Waals surface area contributed by atoms with Gasteiger partial charge in [-0.15, -0.1) is 0 Å². The van der Waals surface area contributed by atoms with Crippen LogP contribution in [-0.2, 0) is 4.79 Å². The first-order valence-corrected chi connectivity index (χ1v) is 7.62. The van der Waals surface area contributed by atoms with E-state index >= 15 is 0 Å². The van der Waals surface area contributed by atoms with Gasteiger partial charge in [-0.25, -0.2) is 4.39 Å². The van der Waals surface area contributed by atoms with Crippen molar-refractivity contribution >= 4 is 11.5 Å². The highest BCUT2D eigenvalue weighted by Crippen LogP contribution is 2.19. The van der Waals surface area contributed by atoms with Gasteiger partial charge in [0.1, 0.15) is 11.6 Å². The summed E-state index contributed by atoms with van der Waals surface area (Å²) in [5.41, 5.74) is 0.831. The number of nitrogens with zero attached hydrogens (tertiary/aromatic N) is 2. The average molecular weight is 292 g/mol. The largest absolute Gasteiger partial charge is 0.369 e. The lowest BCUT2D eigenvalue weighted by molar-refractivity contribution is -0.126. The number of hydrogen-bond donors (Lipinski definition) is 0. The Hall–Kier alpha value is -1.42. The number of benzene rings is 1. The highest BCUT2D eigenvalue weighted by atomic mass is 19.1. The van der Waals surface area contributed by atoms with Gasteiger partial charge in [0.25, 0.3) is 0 Å². The van der Waals surface area contributed by atoms with Gasteiger partial charge in [-0.1, -0.05) is 20.8 Å². The van der Waals surface area contributed by atoms with Gasteiger partial charge in [0.2, 0.25) is 0 Å². The van der Waals surface area contributed by atoms with Crippen LogP contribution >= 0.6 is 0 Å². The molecule has 0 aliphatic carbocycles. The van der Waals surface area contributed by atoms with Gasteiger partial charge in [-0.3, -0.25) is 9.69 Å². The van der Waals surface area contributed by atoms with E-state index in [1.807, 2.05) is 32.9 Å². The molecule has 1 heterocycles. The molecule has 0 radical (unpaired) electrons. The molecule has 1 aromatic rings. The van der Waals surface area contributed by atoms with Crippen molar-refractivity contribution in [2.45, 2.75) is 27.2 Å². The molecule has 0 amide bonds. The van der Waals surface area contributed by atoms with Gasteiger partial charge in [0, 0.05) is 50.2 Å². The summed E-state index contributed by atoms with van der Waals surface area (Å²) in [5, 5.41) is 0. The molecular formula is C17H25FN2O.